The fourth-order valence-corrected chi connectivity index (χ4v) is 2.71. The summed E-state index contributed by atoms with van der Waals surface area (Å²) in [6.45, 7) is 1.67. The number of aryl methyl sites for hydroxylation is 1. The summed E-state index contributed by atoms with van der Waals surface area (Å²) in [5.74, 6) is -1.63. The van der Waals surface area contributed by atoms with Crippen molar-refractivity contribution in [1.29, 1.82) is 0 Å². The van der Waals surface area contributed by atoms with E-state index in [4.69, 9.17) is 23.2 Å². The third-order valence-corrected chi connectivity index (χ3v) is 4.10. The van der Waals surface area contributed by atoms with Crippen molar-refractivity contribution in [3.8, 4) is 5.69 Å². The standard InChI is InChI=1S/C18H12Cl2FN3O2/c1-10-8-15(25)17(23-24(10)12-5-2-4-11(19)9-12)18(26)22-14-7-3-6-13(20)16(14)21/h2-9H,1H3,(H,22,26). The van der Waals surface area contributed by atoms with Crippen LogP contribution in [0.3, 0.4) is 0 Å². The highest BCUT2D eigenvalue weighted by Crippen LogP contribution is 2.22. The number of carbonyl (C=O) groups is 1. The van der Waals surface area contributed by atoms with Gasteiger partial charge in [-0.05, 0) is 37.3 Å². The van der Waals surface area contributed by atoms with Crippen molar-refractivity contribution in [3.05, 3.63) is 86.0 Å². The van der Waals surface area contributed by atoms with Gasteiger partial charge >= 0.3 is 0 Å². The summed E-state index contributed by atoms with van der Waals surface area (Å²) >= 11 is 11.7. The highest BCUT2D eigenvalue weighted by atomic mass is 35.5. The molecule has 0 aliphatic heterocycles. The molecular formula is C18H12Cl2FN3O2. The molecule has 2 aromatic carbocycles. The van der Waals surface area contributed by atoms with Gasteiger partial charge in [0.2, 0.25) is 5.43 Å². The van der Waals surface area contributed by atoms with Gasteiger partial charge in [-0.25, -0.2) is 9.07 Å². The Morgan fingerprint density at radius 2 is 1.88 bits per heavy atom. The molecule has 5 nitrogen and oxygen atoms in total. The van der Waals surface area contributed by atoms with Crippen molar-refractivity contribution >= 4 is 34.8 Å². The van der Waals surface area contributed by atoms with Gasteiger partial charge in [0.25, 0.3) is 5.91 Å². The van der Waals surface area contributed by atoms with Gasteiger partial charge in [0.05, 0.1) is 16.4 Å². The first-order valence-electron chi connectivity index (χ1n) is 7.49. The molecule has 3 aromatic rings. The predicted molar refractivity (Wildman–Crippen MR) is 98.9 cm³/mol. The normalized spacial score (nSPS) is 10.6. The molecule has 0 bridgehead atoms. The highest BCUT2D eigenvalue weighted by molar-refractivity contribution is 6.31. The van der Waals surface area contributed by atoms with Crippen molar-refractivity contribution in [3.63, 3.8) is 0 Å². The second-order valence-electron chi connectivity index (χ2n) is 5.45. The largest absolute Gasteiger partial charge is 0.318 e. The van der Waals surface area contributed by atoms with Crippen molar-refractivity contribution in [2.75, 3.05) is 5.32 Å². The number of hydrogen-bond acceptors (Lipinski definition) is 3. The first-order valence-corrected chi connectivity index (χ1v) is 8.24. The SMILES string of the molecule is Cc1cc(=O)c(C(=O)Nc2cccc(Cl)c2F)nn1-c1cccc(Cl)c1. The number of carbonyl (C=O) groups excluding carboxylic acids is 1. The Balaban J connectivity index is 2.02. The quantitative estimate of drug-likeness (QED) is 0.725. The van der Waals surface area contributed by atoms with Crippen LogP contribution in [0.25, 0.3) is 5.69 Å². The minimum Gasteiger partial charge on any atom is -0.318 e. The van der Waals surface area contributed by atoms with Crippen molar-refractivity contribution in [2.24, 2.45) is 0 Å². The second kappa shape index (κ2) is 7.27. The van der Waals surface area contributed by atoms with Crippen LogP contribution in [0.15, 0.2) is 53.3 Å². The van der Waals surface area contributed by atoms with Gasteiger partial charge in [0.15, 0.2) is 11.5 Å². The number of amides is 1. The van der Waals surface area contributed by atoms with Crippen molar-refractivity contribution in [1.82, 2.24) is 9.78 Å². The monoisotopic (exact) mass is 391 g/mol. The van der Waals surface area contributed by atoms with Crippen LogP contribution in [0.5, 0.6) is 0 Å². The lowest BCUT2D eigenvalue weighted by atomic mass is 10.2. The molecule has 0 saturated carbocycles. The molecule has 8 heteroatoms. The summed E-state index contributed by atoms with van der Waals surface area (Å²) in [5, 5.41) is 6.77. The van der Waals surface area contributed by atoms with Gasteiger partial charge in [-0.1, -0.05) is 35.3 Å². The number of rotatable bonds is 3. The van der Waals surface area contributed by atoms with Crippen LogP contribution in [0, 0.1) is 12.7 Å². The molecule has 0 aliphatic carbocycles. The Morgan fingerprint density at radius 1 is 1.15 bits per heavy atom. The van der Waals surface area contributed by atoms with E-state index >= 15 is 0 Å². The van der Waals surface area contributed by atoms with Crippen LogP contribution in [-0.2, 0) is 0 Å². The molecular weight excluding hydrogens is 380 g/mol. The average molecular weight is 392 g/mol. The average Bonchev–Trinajstić information content (AvgIpc) is 2.59. The molecule has 0 unspecified atom stereocenters. The van der Waals surface area contributed by atoms with E-state index in [1.807, 2.05) is 0 Å². The summed E-state index contributed by atoms with van der Waals surface area (Å²) in [4.78, 5) is 24.6. The number of aromatic nitrogens is 2. The molecule has 1 amide bonds. The van der Waals surface area contributed by atoms with Crippen LogP contribution >= 0.6 is 23.2 Å². The van der Waals surface area contributed by atoms with E-state index in [0.717, 1.165) is 0 Å². The molecule has 0 radical (unpaired) electrons. The van der Waals surface area contributed by atoms with Crippen LogP contribution < -0.4 is 10.7 Å². The van der Waals surface area contributed by atoms with Gasteiger partial charge in [0.1, 0.15) is 0 Å². The van der Waals surface area contributed by atoms with Crippen LogP contribution in [0.2, 0.25) is 10.0 Å². The van der Waals surface area contributed by atoms with Crippen LogP contribution in [0.1, 0.15) is 16.2 Å². The van der Waals surface area contributed by atoms with E-state index in [9.17, 15) is 14.0 Å². The Kier molecular flexibility index (Phi) is 5.06. The molecule has 132 valence electrons. The maximum Gasteiger partial charge on any atom is 0.280 e. The first-order chi connectivity index (χ1) is 12.4. The van der Waals surface area contributed by atoms with E-state index < -0.39 is 17.2 Å². The van der Waals surface area contributed by atoms with E-state index in [0.29, 0.717) is 16.4 Å². The van der Waals surface area contributed by atoms with E-state index in [1.165, 1.54) is 28.9 Å². The highest BCUT2D eigenvalue weighted by Gasteiger charge is 2.17. The predicted octanol–water partition coefficient (Wildman–Crippen LogP) is 4.24. The molecule has 26 heavy (non-hydrogen) atoms. The number of benzene rings is 2. The zero-order valence-electron chi connectivity index (χ0n) is 13.5. The summed E-state index contributed by atoms with van der Waals surface area (Å²) in [6, 6.07) is 12.2. The van der Waals surface area contributed by atoms with Gasteiger partial charge in [-0.2, -0.15) is 5.10 Å². The maximum atomic E-state index is 14.0. The summed E-state index contributed by atoms with van der Waals surface area (Å²) in [7, 11) is 0. The molecule has 1 N–H and O–H groups in total. The molecule has 0 fully saturated rings. The zero-order chi connectivity index (χ0) is 18.8. The molecule has 0 spiro atoms. The van der Waals surface area contributed by atoms with Gasteiger partial charge in [-0.3, -0.25) is 9.59 Å². The van der Waals surface area contributed by atoms with E-state index in [-0.39, 0.29) is 16.4 Å². The number of nitrogens with one attached hydrogen (secondary N) is 1. The molecule has 1 aromatic heterocycles. The third-order valence-electron chi connectivity index (χ3n) is 3.58. The first kappa shape index (κ1) is 18.1. The molecule has 0 saturated heterocycles. The Morgan fingerprint density at radius 3 is 2.62 bits per heavy atom. The Bertz CT molecular complexity index is 1070. The van der Waals surface area contributed by atoms with Gasteiger partial charge in [-0.15, -0.1) is 0 Å². The van der Waals surface area contributed by atoms with Gasteiger partial charge in [0, 0.05) is 16.8 Å². The molecule has 3 rings (SSSR count). The number of nitrogens with zero attached hydrogens (tertiary/aromatic N) is 2. The van der Waals surface area contributed by atoms with Crippen molar-refractivity contribution in [2.45, 2.75) is 6.92 Å². The molecule has 0 aliphatic rings. The van der Waals surface area contributed by atoms with E-state index in [2.05, 4.69) is 10.4 Å². The van der Waals surface area contributed by atoms with Crippen molar-refractivity contribution < 1.29 is 9.18 Å². The van der Waals surface area contributed by atoms with E-state index in [1.54, 1.807) is 31.2 Å². The summed E-state index contributed by atoms with van der Waals surface area (Å²) < 4.78 is 15.4. The zero-order valence-corrected chi connectivity index (χ0v) is 15.0. The number of halogens is 3. The lowest BCUT2D eigenvalue weighted by Crippen LogP contribution is -2.27. The lowest BCUT2D eigenvalue weighted by Gasteiger charge is -2.12. The summed E-state index contributed by atoms with van der Waals surface area (Å²) in [6.07, 6.45) is 0. The van der Waals surface area contributed by atoms with Crippen LogP contribution in [0.4, 0.5) is 10.1 Å². The molecule has 0 atom stereocenters. The third kappa shape index (κ3) is 3.61. The number of anilines is 1. The van der Waals surface area contributed by atoms with Crippen LogP contribution in [-0.4, -0.2) is 15.7 Å². The fraction of sp³-hybridized carbons (Fsp3) is 0.0556. The molecule has 1 heterocycles. The minimum atomic E-state index is -0.841. The maximum absolute atomic E-state index is 14.0. The van der Waals surface area contributed by atoms with Gasteiger partial charge < -0.3 is 5.32 Å². The number of hydrogen-bond donors (Lipinski definition) is 1. The summed E-state index contributed by atoms with van der Waals surface area (Å²) in [5.41, 5.74) is -0.00464. The topological polar surface area (TPSA) is 64.0 Å². The second-order valence-corrected chi connectivity index (χ2v) is 6.29. The Labute approximate surface area is 158 Å². The smallest absolute Gasteiger partial charge is 0.280 e. The fourth-order valence-electron chi connectivity index (χ4n) is 2.36. The Hall–Kier alpha value is -2.70. The minimum absolute atomic E-state index is 0.140. The lowest BCUT2D eigenvalue weighted by molar-refractivity contribution is 0.101.